The van der Waals surface area contributed by atoms with Crippen LogP contribution in [0.25, 0.3) is 0 Å². The maximum absolute atomic E-state index is 14.8. The second-order valence-electron chi connectivity index (χ2n) is 18.4. The summed E-state index contributed by atoms with van der Waals surface area (Å²) in [5.41, 5.74) is 4.25. The minimum absolute atomic E-state index is 0.0589. The first kappa shape index (κ1) is 37.5. The highest BCUT2D eigenvalue weighted by Crippen LogP contribution is 2.88. The molecule has 5 N–H and O–H groups in total. The summed E-state index contributed by atoms with van der Waals surface area (Å²) in [6, 6.07) is -3.38. The zero-order valence-corrected chi connectivity index (χ0v) is 31.2. The molecule has 276 valence electrons. The van der Waals surface area contributed by atoms with Crippen LogP contribution in [0.15, 0.2) is 0 Å². The molecule has 2 saturated heterocycles. The number of primary amides is 1. The first-order valence-electron chi connectivity index (χ1n) is 18.6. The van der Waals surface area contributed by atoms with Crippen molar-refractivity contribution in [1.82, 2.24) is 25.8 Å². The number of nitrogens with two attached hydrogens (primary N) is 1. The highest BCUT2D eigenvalue weighted by atomic mass is 16.5. The number of likely N-dealkylation sites (tertiary alicyclic amines) is 1. The Morgan fingerprint density at radius 2 is 1.51 bits per heavy atom. The molecule has 5 aliphatic rings. The molecule has 0 bridgehead atoms. The van der Waals surface area contributed by atoms with Crippen molar-refractivity contribution in [1.29, 1.82) is 0 Å². The standard InChI is InChI=1S/C37H62N6O6/c1-33(2,3)26(21-42-15-17-49-18-16-42)40-32(48)41-28(34(4,5)6)31(47)43-22-37(35(7,8)36(37)13-10-14-36)20-25(43)30(46)39-24(27(44)29(38)45)19-23-11-9-12-23/h23-26,28H,9-22H2,1-8H3,(H2,38,45)(H,39,46)(H2,40,41,48)/t24?,25-,26-,28+,37+/m0/s1. The summed E-state index contributed by atoms with van der Waals surface area (Å²) < 4.78 is 5.51. The maximum atomic E-state index is 14.8. The molecule has 5 fully saturated rings. The van der Waals surface area contributed by atoms with E-state index in [1.807, 2.05) is 20.8 Å². The van der Waals surface area contributed by atoms with Gasteiger partial charge < -0.3 is 31.3 Å². The van der Waals surface area contributed by atoms with Gasteiger partial charge in [0.05, 0.1) is 19.3 Å². The third-order valence-corrected chi connectivity index (χ3v) is 13.4. The van der Waals surface area contributed by atoms with Gasteiger partial charge in [-0.25, -0.2) is 4.79 Å². The van der Waals surface area contributed by atoms with Crippen LogP contribution in [0.3, 0.4) is 0 Å². The van der Waals surface area contributed by atoms with Crippen molar-refractivity contribution in [3.63, 3.8) is 0 Å². The SMILES string of the molecule is CC(C)(C)[C@H](CN1CCOCC1)NC(=O)N[C@H](C(=O)N1C[C@]2(C[C@H]1C(=O)NC(CC1CCC1)C(=O)C(N)=O)C(C)(C)C21CCC1)C(C)(C)C. The largest absolute Gasteiger partial charge is 0.379 e. The van der Waals surface area contributed by atoms with Gasteiger partial charge in [-0.1, -0.05) is 81.1 Å². The second-order valence-corrected chi connectivity index (χ2v) is 18.4. The molecule has 49 heavy (non-hydrogen) atoms. The number of ketones is 1. The average Bonchev–Trinajstić information content (AvgIpc) is 3.19. The van der Waals surface area contributed by atoms with E-state index < -0.39 is 47.2 Å². The summed E-state index contributed by atoms with van der Waals surface area (Å²) in [7, 11) is 0. The van der Waals surface area contributed by atoms with Gasteiger partial charge in [-0.2, -0.15) is 0 Å². The van der Waals surface area contributed by atoms with Crippen LogP contribution in [0.4, 0.5) is 4.79 Å². The molecule has 2 aliphatic heterocycles. The predicted octanol–water partition coefficient (Wildman–Crippen LogP) is 2.97. The molecule has 12 nitrogen and oxygen atoms in total. The number of hydrogen-bond acceptors (Lipinski definition) is 7. The molecule has 5 rings (SSSR count). The van der Waals surface area contributed by atoms with Crippen LogP contribution < -0.4 is 21.7 Å². The number of hydrogen-bond donors (Lipinski definition) is 4. The normalized spacial score (nSPS) is 28.2. The third kappa shape index (κ3) is 6.97. The number of nitrogens with one attached hydrogen (secondary N) is 3. The Labute approximate surface area is 292 Å². The van der Waals surface area contributed by atoms with Crippen molar-refractivity contribution in [3.8, 4) is 0 Å². The molecule has 2 heterocycles. The van der Waals surface area contributed by atoms with Crippen LogP contribution in [-0.4, -0.2) is 103 Å². The van der Waals surface area contributed by atoms with Crippen LogP contribution in [0.1, 0.15) is 107 Å². The fourth-order valence-electron chi connectivity index (χ4n) is 9.52. The van der Waals surface area contributed by atoms with Crippen LogP contribution in [0.2, 0.25) is 0 Å². The van der Waals surface area contributed by atoms with Gasteiger partial charge in [-0.3, -0.25) is 24.1 Å². The van der Waals surface area contributed by atoms with Gasteiger partial charge in [-0.15, -0.1) is 0 Å². The monoisotopic (exact) mass is 686 g/mol. The van der Waals surface area contributed by atoms with Gasteiger partial charge in [0.2, 0.25) is 17.6 Å². The molecule has 0 aromatic carbocycles. The quantitative estimate of drug-likeness (QED) is 0.243. The number of rotatable bonds is 11. The van der Waals surface area contributed by atoms with Crippen LogP contribution in [0, 0.1) is 33.0 Å². The lowest BCUT2D eigenvalue weighted by molar-refractivity contribution is -0.143. The molecule has 2 spiro atoms. The summed E-state index contributed by atoms with van der Waals surface area (Å²) in [6.45, 7) is 20.5. The van der Waals surface area contributed by atoms with Crippen LogP contribution in [0.5, 0.6) is 0 Å². The van der Waals surface area contributed by atoms with E-state index in [0.717, 1.165) is 51.6 Å². The van der Waals surface area contributed by atoms with Gasteiger partial charge >= 0.3 is 6.03 Å². The van der Waals surface area contributed by atoms with Crippen molar-refractivity contribution in [2.24, 2.45) is 38.7 Å². The number of carbonyl (C=O) groups is 5. The first-order valence-corrected chi connectivity index (χ1v) is 18.6. The van der Waals surface area contributed by atoms with Gasteiger partial charge in [0.1, 0.15) is 12.1 Å². The minimum atomic E-state index is -1.07. The van der Waals surface area contributed by atoms with Crippen molar-refractivity contribution < 1.29 is 28.7 Å². The lowest BCUT2D eigenvalue weighted by atomic mass is 9.73. The van der Waals surface area contributed by atoms with E-state index in [2.05, 4.69) is 55.5 Å². The average molecular weight is 687 g/mol. The number of fused-ring (bicyclic) bond motifs is 1. The molecule has 0 radical (unpaired) electrons. The summed E-state index contributed by atoms with van der Waals surface area (Å²) in [4.78, 5) is 71.6. The maximum Gasteiger partial charge on any atom is 0.315 e. The van der Waals surface area contributed by atoms with Gasteiger partial charge in [0.15, 0.2) is 0 Å². The zero-order valence-electron chi connectivity index (χ0n) is 31.2. The molecule has 5 amide bonds. The Morgan fingerprint density at radius 1 is 0.878 bits per heavy atom. The topological polar surface area (TPSA) is 163 Å². The number of ether oxygens (including phenoxy) is 1. The lowest BCUT2D eigenvalue weighted by Gasteiger charge is -2.39. The molecule has 3 aliphatic carbocycles. The minimum Gasteiger partial charge on any atom is -0.379 e. The van der Waals surface area contributed by atoms with E-state index in [-0.39, 0.29) is 39.5 Å². The number of amides is 5. The van der Waals surface area contributed by atoms with Crippen molar-refractivity contribution >= 4 is 29.5 Å². The number of urea groups is 1. The fourth-order valence-corrected chi connectivity index (χ4v) is 9.52. The number of Topliss-reactive ketones (excluding diaryl/α,β-unsaturated/α-hetero) is 1. The molecule has 0 aromatic heterocycles. The summed E-state index contributed by atoms with van der Waals surface area (Å²) in [5, 5.41) is 9.09. The van der Waals surface area contributed by atoms with E-state index in [9.17, 15) is 24.0 Å². The van der Waals surface area contributed by atoms with E-state index in [1.165, 1.54) is 0 Å². The summed E-state index contributed by atoms with van der Waals surface area (Å²) in [6.07, 6.45) is 7.01. The van der Waals surface area contributed by atoms with Gasteiger partial charge in [0, 0.05) is 37.6 Å². The Balaban J connectivity index is 1.38. The smallest absolute Gasteiger partial charge is 0.315 e. The van der Waals surface area contributed by atoms with Crippen molar-refractivity contribution in [2.45, 2.75) is 131 Å². The highest BCUT2D eigenvalue weighted by Gasteiger charge is 2.85. The van der Waals surface area contributed by atoms with Crippen LogP contribution >= 0.6 is 0 Å². The molecule has 12 heteroatoms. The Kier molecular flexibility index (Phi) is 10.3. The molecule has 1 unspecified atom stereocenters. The van der Waals surface area contributed by atoms with E-state index in [1.54, 1.807) is 4.90 Å². The number of nitrogens with zero attached hydrogens (tertiary/aromatic N) is 2. The lowest BCUT2D eigenvalue weighted by Crippen LogP contribution is -2.62. The Morgan fingerprint density at radius 3 is 1.98 bits per heavy atom. The third-order valence-electron chi connectivity index (χ3n) is 13.4. The summed E-state index contributed by atoms with van der Waals surface area (Å²) >= 11 is 0. The van der Waals surface area contributed by atoms with Gasteiger partial charge in [0.25, 0.3) is 5.91 Å². The highest BCUT2D eigenvalue weighted by molar-refractivity contribution is 6.37. The Bertz CT molecular complexity index is 1300. The fraction of sp³-hybridized carbons (Fsp3) is 0.865. The predicted molar refractivity (Wildman–Crippen MR) is 186 cm³/mol. The van der Waals surface area contributed by atoms with E-state index >= 15 is 0 Å². The number of morpholine rings is 1. The molecule has 3 saturated carbocycles. The molecule has 5 atom stereocenters. The van der Waals surface area contributed by atoms with E-state index in [0.29, 0.717) is 39.1 Å². The zero-order chi connectivity index (χ0) is 36.2. The Hall–Kier alpha value is -2.73. The first-order chi connectivity index (χ1) is 22.7. The molecular formula is C37H62N6O6. The van der Waals surface area contributed by atoms with Crippen LogP contribution in [-0.2, 0) is 23.9 Å². The van der Waals surface area contributed by atoms with E-state index in [4.69, 9.17) is 10.5 Å². The summed E-state index contributed by atoms with van der Waals surface area (Å²) in [5.74, 6) is -2.37. The molecule has 0 aromatic rings. The van der Waals surface area contributed by atoms with Crippen molar-refractivity contribution in [2.75, 3.05) is 39.4 Å². The van der Waals surface area contributed by atoms with Gasteiger partial charge in [-0.05, 0) is 53.3 Å². The molecular weight excluding hydrogens is 624 g/mol. The second kappa shape index (κ2) is 13.4. The van der Waals surface area contributed by atoms with Crippen molar-refractivity contribution in [3.05, 3.63) is 0 Å². The number of carbonyl (C=O) groups excluding carboxylic acids is 5.